The van der Waals surface area contributed by atoms with Gasteiger partial charge < -0.3 is 11.1 Å². The van der Waals surface area contributed by atoms with Crippen molar-refractivity contribution in [3.63, 3.8) is 0 Å². The van der Waals surface area contributed by atoms with Gasteiger partial charge in [-0.2, -0.15) is 0 Å². The fraction of sp³-hybridized carbons (Fsp3) is 0.400. The van der Waals surface area contributed by atoms with Gasteiger partial charge in [0.1, 0.15) is 0 Å². The van der Waals surface area contributed by atoms with Crippen molar-refractivity contribution in [1.82, 2.24) is 0 Å². The molecule has 78 valence electrons. The number of anilines is 1. The fourth-order valence-corrected chi connectivity index (χ4v) is 1.21. The van der Waals surface area contributed by atoms with E-state index in [-0.39, 0.29) is 11.6 Å². The number of nitrogens with two attached hydrogens (primary N) is 1. The first kappa shape index (κ1) is 10.9. The zero-order chi connectivity index (χ0) is 10.7. The van der Waals surface area contributed by atoms with Crippen LogP contribution in [0.1, 0.15) is 30.5 Å². The highest BCUT2D eigenvalue weighted by atomic mass is 19.3. The van der Waals surface area contributed by atoms with Gasteiger partial charge in [-0.15, -0.1) is 0 Å². The number of alkyl halides is 2. The Bertz CT molecular complexity index is 285. The molecule has 0 spiro atoms. The Labute approximate surface area is 82.1 Å². The third-order valence-electron chi connectivity index (χ3n) is 2.04. The van der Waals surface area contributed by atoms with Gasteiger partial charge in [0.05, 0.1) is 0 Å². The number of hydrogen-bond acceptors (Lipinski definition) is 2. The highest BCUT2D eigenvalue weighted by molar-refractivity contribution is 5.49. The summed E-state index contributed by atoms with van der Waals surface area (Å²) in [6.45, 7) is 1.77. The van der Waals surface area contributed by atoms with Crippen LogP contribution in [0.2, 0.25) is 0 Å². The summed E-state index contributed by atoms with van der Waals surface area (Å²) in [6, 6.07) is 4.41. The molecule has 4 heteroatoms. The monoisotopic (exact) mass is 200 g/mol. The smallest absolute Gasteiger partial charge is 0.263 e. The number of nitrogens with one attached hydrogen (secondary N) is 1. The van der Waals surface area contributed by atoms with Gasteiger partial charge in [-0.25, -0.2) is 8.78 Å². The summed E-state index contributed by atoms with van der Waals surface area (Å²) in [5.41, 5.74) is 7.01. The normalized spacial score (nSPS) is 13.0. The Kier molecular flexibility index (Phi) is 3.41. The number of hydrogen-bond donors (Lipinski definition) is 2. The van der Waals surface area contributed by atoms with E-state index in [9.17, 15) is 8.78 Å². The Hall–Kier alpha value is -1.16. The highest BCUT2D eigenvalue weighted by Crippen LogP contribution is 2.25. The van der Waals surface area contributed by atoms with Crippen molar-refractivity contribution in [1.29, 1.82) is 0 Å². The van der Waals surface area contributed by atoms with Crippen LogP contribution in [0.5, 0.6) is 0 Å². The molecular weight excluding hydrogens is 186 g/mol. The van der Waals surface area contributed by atoms with Gasteiger partial charge in [0.15, 0.2) is 0 Å². The van der Waals surface area contributed by atoms with Crippen LogP contribution in [0.4, 0.5) is 14.5 Å². The van der Waals surface area contributed by atoms with Crippen LogP contribution in [0, 0.1) is 0 Å². The molecule has 0 radical (unpaired) electrons. The summed E-state index contributed by atoms with van der Waals surface area (Å²) >= 11 is 0. The van der Waals surface area contributed by atoms with Crippen LogP contribution in [0.15, 0.2) is 18.2 Å². The average Bonchev–Trinajstić information content (AvgIpc) is 2.16. The maximum atomic E-state index is 12.5. The predicted molar refractivity (Wildman–Crippen MR) is 53.5 cm³/mol. The molecule has 0 bridgehead atoms. The molecule has 1 atom stereocenters. The van der Waals surface area contributed by atoms with Gasteiger partial charge in [-0.3, -0.25) is 0 Å². The van der Waals surface area contributed by atoms with Crippen molar-refractivity contribution >= 4 is 5.69 Å². The van der Waals surface area contributed by atoms with E-state index in [1.54, 1.807) is 20.0 Å². The molecule has 1 aromatic rings. The van der Waals surface area contributed by atoms with E-state index in [0.717, 1.165) is 0 Å². The molecule has 14 heavy (non-hydrogen) atoms. The SMILES string of the molecule is CNc1cc(C(F)F)cc([C@@H](C)N)c1. The maximum Gasteiger partial charge on any atom is 0.263 e. The van der Waals surface area contributed by atoms with Crippen molar-refractivity contribution in [2.75, 3.05) is 12.4 Å². The minimum absolute atomic E-state index is 0.00384. The molecule has 1 aromatic carbocycles. The minimum Gasteiger partial charge on any atom is -0.388 e. The summed E-state index contributed by atoms with van der Waals surface area (Å²) in [4.78, 5) is 0. The Morgan fingerprint density at radius 3 is 2.21 bits per heavy atom. The van der Waals surface area contributed by atoms with Gasteiger partial charge in [0.25, 0.3) is 6.43 Å². The summed E-state index contributed by atoms with van der Waals surface area (Å²) in [7, 11) is 1.69. The van der Waals surface area contributed by atoms with Crippen molar-refractivity contribution in [3.05, 3.63) is 29.3 Å². The van der Waals surface area contributed by atoms with Crippen LogP contribution < -0.4 is 11.1 Å². The van der Waals surface area contributed by atoms with E-state index in [1.807, 2.05) is 0 Å². The molecule has 0 aliphatic carbocycles. The molecule has 1 rings (SSSR count). The van der Waals surface area contributed by atoms with Crippen LogP contribution in [0.25, 0.3) is 0 Å². The molecule has 0 fully saturated rings. The van der Waals surface area contributed by atoms with E-state index in [4.69, 9.17) is 5.73 Å². The van der Waals surface area contributed by atoms with Crippen molar-refractivity contribution in [2.24, 2.45) is 5.73 Å². The minimum atomic E-state index is -2.46. The summed E-state index contributed by atoms with van der Waals surface area (Å²) in [6.07, 6.45) is -2.46. The third kappa shape index (κ3) is 2.42. The van der Waals surface area contributed by atoms with Crippen LogP contribution in [0.3, 0.4) is 0 Å². The molecule has 0 saturated carbocycles. The van der Waals surface area contributed by atoms with Gasteiger partial charge in [-0.1, -0.05) is 0 Å². The first-order valence-electron chi connectivity index (χ1n) is 4.41. The van der Waals surface area contributed by atoms with Gasteiger partial charge in [0.2, 0.25) is 0 Å². The lowest BCUT2D eigenvalue weighted by molar-refractivity contribution is 0.151. The second kappa shape index (κ2) is 4.37. The molecule has 0 amide bonds. The molecule has 0 unspecified atom stereocenters. The van der Waals surface area contributed by atoms with Crippen LogP contribution in [-0.4, -0.2) is 7.05 Å². The first-order chi connectivity index (χ1) is 6.54. The van der Waals surface area contributed by atoms with Crippen molar-refractivity contribution in [3.8, 4) is 0 Å². The molecule has 2 nitrogen and oxygen atoms in total. The van der Waals surface area contributed by atoms with Gasteiger partial charge in [-0.05, 0) is 30.7 Å². The topological polar surface area (TPSA) is 38.0 Å². The van der Waals surface area contributed by atoms with Crippen molar-refractivity contribution < 1.29 is 8.78 Å². The lowest BCUT2D eigenvalue weighted by atomic mass is 10.0. The second-order valence-corrected chi connectivity index (χ2v) is 3.23. The quantitative estimate of drug-likeness (QED) is 0.787. The zero-order valence-corrected chi connectivity index (χ0v) is 8.22. The molecule has 0 aliphatic heterocycles. The van der Waals surface area contributed by atoms with E-state index in [0.29, 0.717) is 11.3 Å². The van der Waals surface area contributed by atoms with E-state index in [2.05, 4.69) is 5.32 Å². The summed E-state index contributed by atoms with van der Waals surface area (Å²) < 4.78 is 24.9. The molecule has 0 aliphatic rings. The fourth-order valence-electron chi connectivity index (χ4n) is 1.21. The molecular formula is C10H14F2N2. The Balaban J connectivity index is 3.13. The largest absolute Gasteiger partial charge is 0.388 e. The predicted octanol–water partition coefficient (Wildman–Crippen LogP) is 2.69. The Morgan fingerprint density at radius 2 is 1.79 bits per heavy atom. The maximum absolute atomic E-state index is 12.5. The Morgan fingerprint density at radius 1 is 1.21 bits per heavy atom. The van der Waals surface area contributed by atoms with E-state index >= 15 is 0 Å². The third-order valence-corrected chi connectivity index (χ3v) is 2.04. The van der Waals surface area contributed by atoms with Crippen molar-refractivity contribution in [2.45, 2.75) is 19.4 Å². The highest BCUT2D eigenvalue weighted by Gasteiger charge is 2.10. The van der Waals surface area contributed by atoms with Crippen LogP contribution in [-0.2, 0) is 0 Å². The lowest BCUT2D eigenvalue weighted by Crippen LogP contribution is -2.06. The van der Waals surface area contributed by atoms with E-state index in [1.165, 1.54) is 12.1 Å². The van der Waals surface area contributed by atoms with Gasteiger partial charge in [0, 0.05) is 24.3 Å². The zero-order valence-electron chi connectivity index (χ0n) is 8.22. The lowest BCUT2D eigenvalue weighted by Gasteiger charge is -2.11. The number of benzene rings is 1. The van der Waals surface area contributed by atoms with E-state index < -0.39 is 6.43 Å². The molecule has 3 N–H and O–H groups in total. The molecule has 0 saturated heterocycles. The van der Waals surface area contributed by atoms with Crippen LogP contribution >= 0.6 is 0 Å². The second-order valence-electron chi connectivity index (χ2n) is 3.23. The molecule has 0 aromatic heterocycles. The summed E-state index contributed by atoms with van der Waals surface area (Å²) in [5, 5.41) is 2.83. The van der Waals surface area contributed by atoms with Gasteiger partial charge >= 0.3 is 0 Å². The standard InChI is InChI=1S/C10H14F2N2/c1-6(13)7-3-8(10(11)12)5-9(4-7)14-2/h3-6,10,14H,13H2,1-2H3/t6-/m1/s1. The number of rotatable bonds is 3. The summed E-state index contributed by atoms with van der Waals surface area (Å²) in [5.74, 6) is 0. The average molecular weight is 200 g/mol. The number of halogens is 2. The first-order valence-corrected chi connectivity index (χ1v) is 4.41. The molecule has 0 heterocycles.